The number of sulfonamides is 1. The highest BCUT2D eigenvalue weighted by atomic mass is 35.5. The molecule has 13 heteroatoms. The summed E-state index contributed by atoms with van der Waals surface area (Å²) in [5.74, 6) is -0.506. The van der Waals surface area contributed by atoms with Crippen LogP contribution >= 0.6 is 34.3 Å². The highest BCUT2D eigenvalue weighted by molar-refractivity contribution is 7.91. The second-order valence-corrected chi connectivity index (χ2v) is 13.1. The van der Waals surface area contributed by atoms with Crippen LogP contribution in [-0.4, -0.2) is 80.3 Å². The van der Waals surface area contributed by atoms with Gasteiger partial charge < -0.3 is 19.7 Å². The third kappa shape index (κ3) is 4.66. The summed E-state index contributed by atoms with van der Waals surface area (Å²) in [6.07, 6.45) is 0.848. The monoisotopic (exact) mass is 542 g/mol. The van der Waals surface area contributed by atoms with Gasteiger partial charge in [0.15, 0.2) is 0 Å². The number of carbonyl (C=O) groups is 2. The van der Waals surface area contributed by atoms with Crippen LogP contribution in [0.5, 0.6) is 0 Å². The minimum atomic E-state index is -4.13. The predicted molar refractivity (Wildman–Crippen MR) is 129 cm³/mol. The Morgan fingerprint density at radius 1 is 1.38 bits per heavy atom. The first-order valence-electron chi connectivity index (χ1n) is 10.6. The molecule has 4 rings (SSSR count). The van der Waals surface area contributed by atoms with Crippen molar-refractivity contribution in [2.45, 2.75) is 35.2 Å². The first-order valence-corrected chi connectivity index (χ1v) is 14.0. The Bertz CT molecular complexity index is 1220. The number of rotatable bonds is 8. The standard InChI is InChI=1S/C21H23ClN4O5S3/c1-21(13-24-8-11-31-21)17(12-27)25-9-6-14(20(25)28)26(10-7-23)34(29,30)19-5-3-16(33-19)15-2-4-18(22)32-15/h2-5,12,14,17,24H,6,8-11,13H2,1H3/t14-,17+,21?/m0/s1. The van der Waals surface area contributed by atoms with Crippen LogP contribution in [0.15, 0.2) is 28.5 Å². The molecule has 2 aliphatic heterocycles. The molecule has 1 N–H and O–H groups in total. The second-order valence-electron chi connectivity index (χ2n) is 8.19. The largest absolute Gasteiger partial charge is 0.370 e. The topological polar surface area (TPSA) is 120 Å². The van der Waals surface area contributed by atoms with Crippen molar-refractivity contribution < 1.29 is 22.7 Å². The molecule has 2 aromatic rings. The molecule has 3 atom stereocenters. The molecule has 0 bridgehead atoms. The zero-order valence-electron chi connectivity index (χ0n) is 18.3. The Labute approximate surface area is 210 Å². The minimum Gasteiger partial charge on any atom is -0.370 e. The molecule has 0 spiro atoms. The van der Waals surface area contributed by atoms with Crippen molar-refractivity contribution in [1.29, 1.82) is 5.26 Å². The molecule has 4 heterocycles. The van der Waals surface area contributed by atoms with Gasteiger partial charge in [0.25, 0.3) is 10.0 Å². The second kappa shape index (κ2) is 10.0. The van der Waals surface area contributed by atoms with Gasteiger partial charge in [-0.25, -0.2) is 8.42 Å². The van der Waals surface area contributed by atoms with Gasteiger partial charge in [-0.15, -0.1) is 22.7 Å². The molecule has 2 aromatic heterocycles. The number of aldehydes is 1. The van der Waals surface area contributed by atoms with E-state index in [2.05, 4.69) is 5.32 Å². The average molecular weight is 543 g/mol. The number of ether oxygens (including phenoxy) is 1. The van der Waals surface area contributed by atoms with Gasteiger partial charge in [-0.2, -0.15) is 9.57 Å². The predicted octanol–water partition coefficient (Wildman–Crippen LogP) is 2.19. The number of halogens is 1. The Morgan fingerprint density at radius 2 is 2.12 bits per heavy atom. The van der Waals surface area contributed by atoms with E-state index in [9.17, 15) is 23.3 Å². The molecule has 2 saturated heterocycles. The fourth-order valence-electron chi connectivity index (χ4n) is 4.30. The summed E-state index contributed by atoms with van der Waals surface area (Å²) >= 11 is 8.39. The molecule has 2 fully saturated rings. The number of nitrogens with zero attached hydrogens (tertiary/aromatic N) is 3. The van der Waals surface area contributed by atoms with E-state index >= 15 is 0 Å². The molecule has 34 heavy (non-hydrogen) atoms. The van der Waals surface area contributed by atoms with E-state index in [1.165, 1.54) is 22.3 Å². The van der Waals surface area contributed by atoms with Gasteiger partial charge in [-0.05, 0) is 37.6 Å². The van der Waals surface area contributed by atoms with Gasteiger partial charge in [0.1, 0.15) is 34.7 Å². The van der Waals surface area contributed by atoms with Crippen molar-refractivity contribution in [2.75, 3.05) is 32.8 Å². The van der Waals surface area contributed by atoms with Crippen molar-refractivity contribution in [3.63, 3.8) is 0 Å². The lowest BCUT2D eigenvalue weighted by atomic mass is 9.94. The fourth-order valence-corrected chi connectivity index (χ4v) is 8.37. The van der Waals surface area contributed by atoms with Crippen LogP contribution in [0.4, 0.5) is 0 Å². The molecule has 1 amide bonds. The molecular formula is C21H23ClN4O5S3. The molecule has 0 aromatic carbocycles. The zero-order chi connectivity index (χ0) is 24.5. The normalized spacial score (nSPS) is 24.4. The lowest BCUT2D eigenvalue weighted by Crippen LogP contribution is -2.62. The van der Waals surface area contributed by atoms with Gasteiger partial charge in [0.2, 0.25) is 5.91 Å². The van der Waals surface area contributed by atoms with Gasteiger partial charge in [0, 0.05) is 29.4 Å². The van der Waals surface area contributed by atoms with E-state index in [-0.39, 0.29) is 17.2 Å². The molecule has 182 valence electrons. The molecule has 0 aliphatic carbocycles. The number of thiophene rings is 2. The van der Waals surface area contributed by atoms with Crippen LogP contribution in [0.25, 0.3) is 9.75 Å². The van der Waals surface area contributed by atoms with Crippen LogP contribution in [0.3, 0.4) is 0 Å². The third-order valence-electron chi connectivity index (χ3n) is 6.02. The van der Waals surface area contributed by atoms with Crippen LogP contribution in [0.1, 0.15) is 13.3 Å². The summed E-state index contributed by atoms with van der Waals surface area (Å²) in [6.45, 7) is 2.89. The summed E-state index contributed by atoms with van der Waals surface area (Å²) < 4.78 is 34.4. The maximum atomic E-state index is 13.5. The van der Waals surface area contributed by atoms with Crippen LogP contribution < -0.4 is 5.32 Å². The Hall–Kier alpha value is -1.85. The first kappa shape index (κ1) is 25.2. The van der Waals surface area contributed by atoms with E-state index in [0.717, 1.165) is 25.4 Å². The molecular weight excluding hydrogens is 520 g/mol. The van der Waals surface area contributed by atoms with Gasteiger partial charge in [0.05, 0.1) is 17.0 Å². The van der Waals surface area contributed by atoms with Gasteiger partial charge in [-0.3, -0.25) is 4.79 Å². The summed E-state index contributed by atoms with van der Waals surface area (Å²) in [5.41, 5.74) is -0.923. The molecule has 0 saturated carbocycles. The number of hydrogen-bond donors (Lipinski definition) is 1. The highest BCUT2D eigenvalue weighted by Gasteiger charge is 2.49. The molecule has 9 nitrogen and oxygen atoms in total. The van der Waals surface area contributed by atoms with Crippen molar-refractivity contribution >= 4 is 56.5 Å². The van der Waals surface area contributed by atoms with Crippen molar-refractivity contribution in [1.82, 2.24) is 14.5 Å². The molecule has 2 aliphatic rings. The summed E-state index contributed by atoms with van der Waals surface area (Å²) in [5, 5.41) is 12.5. The average Bonchev–Trinajstić information content (AvgIpc) is 3.54. The quantitative estimate of drug-likeness (QED) is 0.401. The lowest BCUT2D eigenvalue weighted by Gasteiger charge is -2.42. The third-order valence-corrected chi connectivity index (χ3v) is 10.9. The van der Waals surface area contributed by atoms with Crippen molar-refractivity contribution in [3.8, 4) is 15.8 Å². The summed E-state index contributed by atoms with van der Waals surface area (Å²) in [6, 6.07) is 6.63. The Balaban J connectivity index is 1.60. The maximum absolute atomic E-state index is 13.5. The Kier molecular flexibility index (Phi) is 7.44. The van der Waals surface area contributed by atoms with Crippen LogP contribution in [0, 0.1) is 11.3 Å². The van der Waals surface area contributed by atoms with E-state index in [1.807, 2.05) is 12.1 Å². The number of amides is 1. The van der Waals surface area contributed by atoms with E-state index in [0.29, 0.717) is 30.3 Å². The maximum Gasteiger partial charge on any atom is 0.254 e. The minimum absolute atomic E-state index is 0.0345. The highest BCUT2D eigenvalue weighted by Crippen LogP contribution is 2.38. The molecule has 1 unspecified atom stereocenters. The first-order chi connectivity index (χ1) is 16.2. The SMILES string of the molecule is CC1([C@@H](C=O)N2CC[C@H](N(CC#N)S(=O)(=O)c3ccc(-c4ccc(Cl)s4)s3)C2=O)CNCCO1. The smallest absolute Gasteiger partial charge is 0.254 e. The molecule has 0 radical (unpaired) electrons. The number of morpholine rings is 1. The van der Waals surface area contributed by atoms with Crippen LogP contribution in [0.2, 0.25) is 4.34 Å². The fraction of sp³-hybridized carbons (Fsp3) is 0.476. The lowest BCUT2D eigenvalue weighted by molar-refractivity contribution is -0.150. The number of hydrogen-bond acceptors (Lipinski definition) is 9. The number of nitriles is 1. The Morgan fingerprint density at radius 3 is 2.74 bits per heavy atom. The zero-order valence-corrected chi connectivity index (χ0v) is 21.5. The van der Waals surface area contributed by atoms with Crippen LogP contribution in [-0.2, 0) is 24.3 Å². The summed E-state index contributed by atoms with van der Waals surface area (Å²) in [4.78, 5) is 28.3. The van der Waals surface area contributed by atoms with E-state index in [4.69, 9.17) is 16.3 Å². The van der Waals surface area contributed by atoms with E-state index in [1.54, 1.807) is 19.1 Å². The van der Waals surface area contributed by atoms with Crippen molar-refractivity contribution in [3.05, 3.63) is 28.6 Å². The number of carbonyl (C=O) groups excluding carboxylic acids is 2. The van der Waals surface area contributed by atoms with Gasteiger partial charge in [-0.1, -0.05) is 11.6 Å². The van der Waals surface area contributed by atoms with Crippen molar-refractivity contribution in [2.24, 2.45) is 0 Å². The number of likely N-dealkylation sites (tertiary alicyclic amines) is 1. The van der Waals surface area contributed by atoms with Gasteiger partial charge >= 0.3 is 0 Å². The summed E-state index contributed by atoms with van der Waals surface area (Å²) in [7, 11) is -4.13. The van der Waals surface area contributed by atoms with E-state index < -0.39 is 40.2 Å². The number of nitrogens with one attached hydrogen (secondary N) is 1.